The van der Waals surface area contributed by atoms with Gasteiger partial charge in [0.2, 0.25) is 0 Å². The van der Waals surface area contributed by atoms with Gasteiger partial charge < -0.3 is 18.9 Å². The van der Waals surface area contributed by atoms with Crippen LogP contribution in [0.3, 0.4) is 0 Å². The lowest BCUT2D eigenvalue weighted by molar-refractivity contribution is -0.341. The Labute approximate surface area is 165 Å². The molecule has 2 aromatic rings. The molecule has 0 radical (unpaired) electrons. The third kappa shape index (κ3) is 4.27. The van der Waals surface area contributed by atoms with Crippen LogP contribution in [0.25, 0.3) is 0 Å². The fourth-order valence-electron chi connectivity index (χ4n) is 3.79. The minimum Gasteiger partial charge on any atom is -0.356 e. The van der Waals surface area contributed by atoms with Crippen molar-refractivity contribution < 1.29 is 23.8 Å². The summed E-state index contributed by atoms with van der Waals surface area (Å²) in [6.45, 7) is 2.97. The van der Waals surface area contributed by atoms with Gasteiger partial charge in [-0.25, -0.2) is 0 Å². The van der Waals surface area contributed by atoms with Crippen molar-refractivity contribution in [3.05, 3.63) is 71.8 Å². The zero-order valence-electron chi connectivity index (χ0n) is 16.2. The molecule has 0 spiro atoms. The molecule has 2 heterocycles. The van der Waals surface area contributed by atoms with E-state index in [1.807, 2.05) is 60.7 Å². The summed E-state index contributed by atoms with van der Waals surface area (Å²) in [6, 6.07) is 20.0. The monoisotopic (exact) mass is 385 g/mol. The molecule has 5 atom stereocenters. The fourth-order valence-corrected chi connectivity index (χ4v) is 3.79. The van der Waals surface area contributed by atoms with Crippen molar-refractivity contribution in [2.24, 2.45) is 0 Å². The Morgan fingerprint density at radius 1 is 1.04 bits per heavy atom. The van der Waals surface area contributed by atoms with Crippen LogP contribution < -0.4 is 5.48 Å². The summed E-state index contributed by atoms with van der Waals surface area (Å²) in [6.07, 6.45) is -0.661. The largest absolute Gasteiger partial charge is 0.356 e. The van der Waals surface area contributed by atoms with Crippen LogP contribution >= 0.6 is 0 Å². The summed E-state index contributed by atoms with van der Waals surface area (Å²) in [5, 5.41) is 0. The lowest BCUT2D eigenvalue weighted by atomic mass is 9.85. The molecule has 0 amide bonds. The summed E-state index contributed by atoms with van der Waals surface area (Å²) in [5.74, 6) is 0. The van der Waals surface area contributed by atoms with Gasteiger partial charge in [-0.15, -0.1) is 0 Å². The third-order valence-corrected chi connectivity index (χ3v) is 5.29. The van der Waals surface area contributed by atoms with Gasteiger partial charge in [0.25, 0.3) is 0 Å². The second kappa shape index (κ2) is 8.69. The van der Waals surface area contributed by atoms with E-state index in [0.717, 1.165) is 11.1 Å². The first kappa shape index (κ1) is 19.5. The molecule has 0 bridgehead atoms. The zero-order chi connectivity index (χ0) is 19.4. The lowest BCUT2D eigenvalue weighted by Crippen LogP contribution is -2.66. The molecule has 0 saturated carbocycles. The van der Waals surface area contributed by atoms with E-state index in [1.54, 1.807) is 7.11 Å². The lowest BCUT2D eigenvalue weighted by Gasteiger charge is -2.50. The van der Waals surface area contributed by atoms with E-state index >= 15 is 0 Å². The standard InChI is InChI=1S/C22H27NO5/c1-22(23-26-14-16-9-5-3-6-10-16)13-19(24-2)27-18-15-25-21(28-20(18)22)17-11-7-4-8-12-17/h3-12,18-21,23H,13-15H2,1-2H3/t18-,19+,20-,21-,22+/m1/s1. The Morgan fingerprint density at radius 3 is 2.46 bits per heavy atom. The molecule has 0 aliphatic carbocycles. The predicted molar refractivity (Wildman–Crippen MR) is 103 cm³/mol. The third-order valence-electron chi connectivity index (χ3n) is 5.29. The number of hydrogen-bond acceptors (Lipinski definition) is 6. The van der Waals surface area contributed by atoms with E-state index < -0.39 is 11.8 Å². The minimum atomic E-state index is -0.491. The van der Waals surface area contributed by atoms with Crippen molar-refractivity contribution >= 4 is 0 Å². The van der Waals surface area contributed by atoms with E-state index in [2.05, 4.69) is 12.4 Å². The highest BCUT2D eigenvalue weighted by Gasteiger charge is 2.51. The van der Waals surface area contributed by atoms with Gasteiger partial charge >= 0.3 is 0 Å². The predicted octanol–water partition coefficient (Wildman–Crippen LogP) is 3.34. The van der Waals surface area contributed by atoms with E-state index in [-0.39, 0.29) is 18.5 Å². The molecule has 2 aromatic carbocycles. The molecule has 2 saturated heterocycles. The van der Waals surface area contributed by atoms with Crippen LogP contribution in [-0.2, 0) is 30.4 Å². The smallest absolute Gasteiger partial charge is 0.184 e. The van der Waals surface area contributed by atoms with Crippen molar-refractivity contribution in [2.75, 3.05) is 13.7 Å². The number of rotatable bonds is 6. The first-order valence-electron chi connectivity index (χ1n) is 9.61. The average molecular weight is 385 g/mol. The first-order chi connectivity index (χ1) is 13.7. The van der Waals surface area contributed by atoms with E-state index in [1.165, 1.54) is 0 Å². The number of nitrogens with one attached hydrogen (secondary N) is 1. The number of hydrogen-bond donors (Lipinski definition) is 1. The van der Waals surface area contributed by atoms with Gasteiger partial charge in [-0.05, 0) is 12.5 Å². The van der Waals surface area contributed by atoms with E-state index in [9.17, 15) is 0 Å². The fraction of sp³-hybridized carbons (Fsp3) is 0.455. The quantitative estimate of drug-likeness (QED) is 0.770. The van der Waals surface area contributed by atoms with Crippen LogP contribution in [0.2, 0.25) is 0 Å². The van der Waals surface area contributed by atoms with Crippen LogP contribution in [0, 0.1) is 0 Å². The molecule has 2 fully saturated rings. The van der Waals surface area contributed by atoms with Crippen LogP contribution in [0.1, 0.15) is 30.8 Å². The molecule has 0 unspecified atom stereocenters. The van der Waals surface area contributed by atoms with Crippen molar-refractivity contribution in [3.8, 4) is 0 Å². The average Bonchev–Trinajstić information content (AvgIpc) is 2.75. The number of ether oxygens (including phenoxy) is 4. The first-order valence-corrected chi connectivity index (χ1v) is 9.61. The summed E-state index contributed by atoms with van der Waals surface area (Å²) < 4.78 is 23.8. The molecule has 2 aliphatic heterocycles. The van der Waals surface area contributed by atoms with E-state index in [0.29, 0.717) is 19.6 Å². The van der Waals surface area contributed by atoms with Crippen LogP contribution in [0.4, 0.5) is 0 Å². The summed E-state index contributed by atoms with van der Waals surface area (Å²) >= 11 is 0. The molecule has 6 heteroatoms. The van der Waals surface area contributed by atoms with Crippen molar-refractivity contribution in [1.82, 2.24) is 5.48 Å². The Bertz CT molecular complexity index is 743. The number of hydroxylamine groups is 1. The Balaban J connectivity index is 1.47. The molecular weight excluding hydrogens is 358 g/mol. The van der Waals surface area contributed by atoms with Gasteiger partial charge in [0, 0.05) is 19.1 Å². The summed E-state index contributed by atoms with van der Waals surface area (Å²) in [5.41, 5.74) is 4.84. The van der Waals surface area contributed by atoms with Gasteiger partial charge in [-0.3, -0.25) is 4.84 Å². The maximum Gasteiger partial charge on any atom is 0.184 e. The maximum atomic E-state index is 6.34. The van der Waals surface area contributed by atoms with E-state index in [4.69, 9.17) is 23.8 Å². The van der Waals surface area contributed by atoms with Crippen LogP contribution in [0.5, 0.6) is 0 Å². The summed E-state index contributed by atoms with van der Waals surface area (Å²) in [7, 11) is 1.65. The van der Waals surface area contributed by atoms with Gasteiger partial charge in [0.15, 0.2) is 12.6 Å². The highest BCUT2D eigenvalue weighted by molar-refractivity contribution is 5.17. The molecule has 6 nitrogen and oxygen atoms in total. The zero-order valence-corrected chi connectivity index (χ0v) is 16.2. The normalized spacial score (nSPS) is 32.6. The van der Waals surface area contributed by atoms with Gasteiger partial charge in [0.05, 0.1) is 18.8 Å². The van der Waals surface area contributed by atoms with Crippen LogP contribution in [-0.4, -0.2) is 37.8 Å². The van der Waals surface area contributed by atoms with Gasteiger partial charge in [-0.1, -0.05) is 60.7 Å². The van der Waals surface area contributed by atoms with Crippen molar-refractivity contribution in [3.63, 3.8) is 0 Å². The topological polar surface area (TPSA) is 58.2 Å². The second-order valence-electron chi connectivity index (χ2n) is 7.47. The number of benzene rings is 2. The van der Waals surface area contributed by atoms with Crippen molar-refractivity contribution in [2.45, 2.75) is 50.3 Å². The second-order valence-corrected chi connectivity index (χ2v) is 7.47. The minimum absolute atomic E-state index is 0.239. The molecule has 4 rings (SSSR count). The Morgan fingerprint density at radius 2 is 1.75 bits per heavy atom. The molecule has 2 aliphatic rings. The molecule has 0 aromatic heterocycles. The molecule has 28 heavy (non-hydrogen) atoms. The highest BCUT2D eigenvalue weighted by atomic mass is 16.7. The Kier molecular flexibility index (Phi) is 6.06. The van der Waals surface area contributed by atoms with Crippen LogP contribution in [0.15, 0.2) is 60.7 Å². The number of fused-ring (bicyclic) bond motifs is 1. The molecule has 150 valence electrons. The maximum absolute atomic E-state index is 6.34. The van der Waals surface area contributed by atoms with Crippen molar-refractivity contribution in [1.29, 1.82) is 0 Å². The Hall–Kier alpha value is -1.80. The van der Waals surface area contributed by atoms with Gasteiger partial charge in [-0.2, -0.15) is 5.48 Å². The van der Waals surface area contributed by atoms with Gasteiger partial charge in [0.1, 0.15) is 12.2 Å². The summed E-state index contributed by atoms with van der Waals surface area (Å²) in [4.78, 5) is 5.86. The molecule has 1 N–H and O–H groups in total. The molecular formula is C22H27NO5. The number of methoxy groups -OCH3 is 1. The highest BCUT2D eigenvalue weighted by Crippen LogP contribution is 2.39. The SMILES string of the molecule is CO[C@@H]1C[C@](C)(NOCc2ccccc2)[C@@H]2O[C@H](c3ccccc3)OC[C@H]2O1.